The van der Waals surface area contributed by atoms with Gasteiger partial charge in [0, 0.05) is 6.04 Å². The van der Waals surface area contributed by atoms with Crippen LogP contribution in [0.2, 0.25) is 0 Å². The van der Waals surface area contributed by atoms with Gasteiger partial charge in [-0.1, -0.05) is 39.8 Å². The zero-order valence-electron chi connectivity index (χ0n) is 13.3. The Morgan fingerprint density at radius 2 is 1.68 bits per heavy atom. The second-order valence-corrected chi connectivity index (χ2v) is 6.61. The standard InChI is InChI=1S/C17H29NO/c1-7-18-16(12-17(4,5)6)14-8-10-15(11-9-14)19-13(2)3/h8-11,13,16,18H,7,12H2,1-6H3. The van der Waals surface area contributed by atoms with Gasteiger partial charge in [-0.3, -0.25) is 0 Å². The Kier molecular flexibility index (Phi) is 5.86. The highest BCUT2D eigenvalue weighted by Crippen LogP contribution is 2.30. The number of rotatable bonds is 6. The molecule has 0 fully saturated rings. The molecule has 0 saturated heterocycles. The lowest BCUT2D eigenvalue weighted by Gasteiger charge is -2.27. The molecule has 1 rings (SSSR count). The predicted octanol–water partition coefficient (Wildman–Crippen LogP) is 4.56. The molecule has 0 spiro atoms. The number of hydrogen-bond donors (Lipinski definition) is 1. The minimum Gasteiger partial charge on any atom is -0.491 e. The van der Waals surface area contributed by atoms with E-state index in [0.717, 1.165) is 18.7 Å². The van der Waals surface area contributed by atoms with Crippen LogP contribution in [0.4, 0.5) is 0 Å². The Labute approximate surface area is 118 Å². The SMILES string of the molecule is CCNC(CC(C)(C)C)c1ccc(OC(C)C)cc1. The minimum atomic E-state index is 0.227. The fourth-order valence-corrected chi connectivity index (χ4v) is 2.22. The summed E-state index contributed by atoms with van der Waals surface area (Å²) in [6, 6.07) is 8.91. The van der Waals surface area contributed by atoms with Crippen molar-refractivity contribution in [3.63, 3.8) is 0 Å². The molecule has 2 heteroatoms. The number of benzene rings is 1. The summed E-state index contributed by atoms with van der Waals surface area (Å²) in [5.74, 6) is 0.949. The summed E-state index contributed by atoms with van der Waals surface area (Å²) in [7, 11) is 0. The molecule has 2 nitrogen and oxygen atoms in total. The molecular formula is C17H29NO. The van der Waals surface area contributed by atoms with Crippen LogP contribution in [0.3, 0.4) is 0 Å². The van der Waals surface area contributed by atoms with E-state index in [9.17, 15) is 0 Å². The maximum atomic E-state index is 5.69. The Balaban J connectivity index is 2.79. The topological polar surface area (TPSA) is 21.3 Å². The fourth-order valence-electron chi connectivity index (χ4n) is 2.22. The maximum absolute atomic E-state index is 5.69. The molecule has 1 unspecified atom stereocenters. The van der Waals surface area contributed by atoms with E-state index in [4.69, 9.17) is 4.74 Å². The third-order valence-corrected chi connectivity index (χ3v) is 2.92. The van der Waals surface area contributed by atoms with E-state index in [1.165, 1.54) is 5.56 Å². The molecule has 108 valence electrons. The van der Waals surface area contributed by atoms with E-state index in [0.29, 0.717) is 11.5 Å². The molecule has 0 aromatic heterocycles. The van der Waals surface area contributed by atoms with Gasteiger partial charge in [-0.15, -0.1) is 0 Å². The molecular weight excluding hydrogens is 234 g/mol. The summed E-state index contributed by atoms with van der Waals surface area (Å²) in [5, 5.41) is 3.57. The zero-order valence-corrected chi connectivity index (χ0v) is 13.3. The monoisotopic (exact) mass is 263 g/mol. The first kappa shape index (κ1) is 16.0. The molecule has 1 aromatic carbocycles. The van der Waals surface area contributed by atoms with Crippen LogP contribution in [0.1, 0.15) is 59.6 Å². The average Bonchev–Trinajstić information content (AvgIpc) is 2.27. The average molecular weight is 263 g/mol. The number of ether oxygens (including phenoxy) is 1. The summed E-state index contributed by atoms with van der Waals surface area (Å²) < 4.78 is 5.69. The summed E-state index contributed by atoms with van der Waals surface area (Å²) in [4.78, 5) is 0. The van der Waals surface area contributed by atoms with Crippen molar-refractivity contribution in [3.8, 4) is 5.75 Å². The van der Waals surface area contributed by atoms with Crippen molar-refractivity contribution in [2.24, 2.45) is 5.41 Å². The van der Waals surface area contributed by atoms with Crippen molar-refractivity contribution in [2.45, 2.75) is 60.1 Å². The molecule has 19 heavy (non-hydrogen) atoms. The van der Waals surface area contributed by atoms with E-state index in [-0.39, 0.29) is 6.10 Å². The van der Waals surface area contributed by atoms with Crippen LogP contribution in [0, 0.1) is 5.41 Å². The van der Waals surface area contributed by atoms with E-state index in [1.54, 1.807) is 0 Å². The van der Waals surface area contributed by atoms with Gasteiger partial charge in [-0.05, 0) is 49.9 Å². The summed E-state index contributed by atoms with van der Waals surface area (Å²) in [6.07, 6.45) is 1.36. The van der Waals surface area contributed by atoms with Crippen LogP contribution in [-0.2, 0) is 0 Å². The Morgan fingerprint density at radius 3 is 2.11 bits per heavy atom. The van der Waals surface area contributed by atoms with Gasteiger partial charge in [0.05, 0.1) is 6.10 Å². The first-order valence-corrected chi connectivity index (χ1v) is 7.32. The second kappa shape index (κ2) is 6.95. The van der Waals surface area contributed by atoms with Gasteiger partial charge in [-0.25, -0.2) is 0 Å². The lowest BCUT2D eigenvalue weighted by atomic mass is 9.85. The predicted molar refractivity (Wildman–Crippen MR) is 82.7 cm³/mol. The van der Waals surface area contributed by atoms with Crippen LogP contribution >= 0.6 is 0 Å². The Hall–Kier alpha value is -1.02. The van der Waals surface area contributed by atoms with Gasteiger partial charge >= 0.3 is 0 Å². The third-order valence-electron chi connectivity index (χ3n) is 2.92. The first-order valence-electron chi connectivity index (χ1n) is 7.32. The van der Waals surface area contributed by atoms with Crippen LogP contribution in [0.5, 0.6) is 5.75 Å². The van der Waals surface area contributed by atoms with Crippen molar-refractivity contribution in [1.82, 2.24) is 5.32 Å². The lowest BCUT2D eigenvalue weighted by molar-refractivity contribution is 0.242. The van der Waals surface area contributed by atoms with Crippen molar-refractivity contribution < 1.29 is 4.74 Å². The molecule has 0 bridgehead atoms. The first-order chi connectivity index (χ1) is 8.81. The summed E-state index contributed by atoms with van der Waals surface area (Å²) >= 11 is 0. The molecule has 0 aliphatic heterocycles. The third kappa shape index (κ3) is 6.11. The van der Waals surface area contributed by atoms with Gasteiger partial charge < -0.3 is 10.1 Å². The second-order valence-electron chi connectivity index (χ2n) is 6.61. The minimum absolute atomic E-state index is 0.227. The molecule has 0 heterocycles. The Morgan fingerprint density at radius 1 is 1.11 bits per heavy atom. The van der Waals surface area contributed by atoms with E-state index < -0.39 is 0 Å². The van der Waals surface area contributed by atoms with Gasteiger partial charge in [0.1, 0.15) is 5.75 Å². The van der Waals surface area contributed by atoms with Gasteiger partial charge in [-0.2, -0.15) is 0 Å². The smallest absolute Gasteiger partial charge is 0.119 e. The lowest BCUT2D eigenvalue weighted by Crippen LogP contribution is -2.25. The number of nitrogens with one attached hydrogen (secondary N) is 1. The highest BCUT2D eigenvalue weighted by atomic mass is 16.5. The van der Waals surface area contributed by atoms with Gasteiger partial charge in [0.2, 0.25) is 0 Å². The van der Waals surface area contributed by atoms with Crippen LogP contribution < -0.4 is 10.1 Å². The van der Waals surface area contributed by atoms with Crippen molar-refractivity contribution >= 4 is 0 Å². The highest BCUT2D eigenvalue weighted by Gasteiger charge is 2.19. The summed E-state index contributed by atoms with van der Waals surface area (Å²) in [6.45, 7) is 14.1. The van der Waals surface area contributed by atoms with Gasteiger partial charge in [0.15, 0.2) is 0 Å². The van der Waals surface area contributed by atoms with Crippen molar-refractivity contribution in [2.75, 3.05) is 6.54 Å². The molecule has 0 aliphatic carbocycles. The Bertz CT molecular complexity index is 362. The molecule has 1 N–H and O–H groups in total. The van der Waals surface area contributed by atoms with E-state index in [2.05, 4.69) is 71.1 Å². The van der Waals surface area contributed by atoms with Gasteiger partial charge in [0.25, 0.3) is 0 Å². The van der Waals surface area contributed by atoms with Crippen LogP contribution in [0.15, 0.2) is 24.3 Å². The molecule has 1 atom stereocenters. The van der Waals surface area contributed by atoms with E-state index in [1.807, 2.05) is 0 Å². The quantitative estimate of drug-likeness (QED) is 0.812. The fraction of sp³-hybridized carbons (Fsp3) is 0.647. The number of hydrogen-bond acceptors (Lipinski definition) is 2. The molecule has 1 aromatic rings. The molecule has 0 saturated carbocycles. The zero-order chi connectivity index (χ0) is 14.5. The normalized spacial score (nSPS) is 13.6. The van der Waals surface area contributed by atoms with Crippen LogP contribution in [-0.4, -0.2) is 12.6 Å². The van der Waals surface area contributed by atoms with Crippen LogP contribution in [0.25, 0.3) is 0 Å². The van der Waals surface area contributed by atoms with E-state index >= 15 is 0 Å². The molecule has 0 radical (unpaired) electrons. The molecule has 0 aliphatic rings. The molecule has 0 amide bonds. The summed E-state index contributed by atoms with van der Waals surface area (Å²) in [5.41, 5.74) is 1.66. The largest absolute Gasteiger partial charge is 0.491 e. The maximum Gasteiger partial charge on any atom is 0.119 e. The van der Waals surface area contributed by atoms with Crippen molar-refractivity contribution in [3.05, 3.63) is 29.8 Å². The van der Waals surface area contributed by atoms with Crippen molar-refractivity contribution in [1.29, 1.82) is 0 Å². The highest BCUT2D eigenvalue weighted by molar-refractivity contribution is 5.29.